The van der Waals surface area contributed by atoms with E-state index in [1.165, 1.54) is 11.9 Å². The van der Waals surface area contributed by atoms with E-state index in [0.29, 0.717) is 0 Å². The molecule has 8 nitrogen and oxygen atoms in total. The highest BCUT2D eigenvalue weighted by Crippen LogP contribution is 2.24. The maximum Gasteiger partial charge on any atom is 0.276 e. The van der Waals surface area contributed by atoms with E-state index in [9.17, 15) is 18.0 Å². The molecule has 0 aromatic heterocycles. The summed E-state index contributed by atoms with van der Waals surface area (Å²) in [4.78, 5) is 23.4. The zero-order valence-corrected chi connectivity index (χ0v) is 9.64. The van der Waals surface area contributed by atoms with Crippen LogP contribution < -0.4 is 11.5 Å². The topological polar surface area (TPSA) is 144 Å². The third-order valence-corrected chi connectivity index (χ3v) is 3.22. The molecule has 9 heteroatoms. The Morgan fingerprint density at radius 1 is 1.24 bits per heavy atom. The molecule has 1 aliphatic rings. The highest BCUT2D eigenvalue weighted by molar-refractivity contribution is 7.87. The Hall–Kier alpha value is -1.87. The van der Waals surface area contributed by atoms with Gasteiger partial charge in [-0.05, 0) is 0 Å². The summed E-state index contributed by atoms with van der Waals surface area (Å²) in [5.41, 5.74) is 9.13. The van der Waals surface area contributed by atoms with Gasteiger partial charge >= 0.3 is 0 Å². The number of nitrogens with two attached hydrogens (primary N) is 2. The van der Waals surface area contributed by atoms with Crippen molar-refractivity contribution in [2.45, 2.75) is 5.25 Å². The highest BCUT2D eigenvalue weighted by atomic mass is 32.2. The molecule has 0 aromatic carbocycles. The Morgan fingerprint density at radius 2 is 1.59 bits per heavy atom. The van der Waals surface area contributed by atoms with E-state index in [0.717, 1.165) is 12.4 Å². The van der Waals surface area contributed by atoms with Crippen molar-refractivity contribution >= 4 is 21.9 Å². The van der Waals surface area contributed by atoms with Crippen LogP contribution in [-0.2, 0) is 19.7 Å². The molecule has 1 heterocycles. The molecule has 2 amide bonds. The molecule has 17 heavy (non-hydrogen) atoms. The van der Waals surface area contributed by atoms with Gasteiger partial charge in [-0.2, -0.15) is 8.42 Å². The summed E-state index contributed by atoms with van der Waals surface area (Å²) in [6.45, 7) is 0. The third kappa shape index (κ3) is 2.63. The second-order valence-corrected chi connectivity index (χ2v) is 4.96. The first-order valence-electron chi connectivity index (χ1n) is 4.36. The van der Waals surface area contributed by atoms with E-state index in [-0.39, 0.29) is 0 Å². The Kier molecular flexibility index (Phi) is 3.25. The lowest BCUT2D eigenvalue weighted by Gasteiger charge is -2.24. The normalized spacial score (nSPS) is 17.4. The van der Waals surface area contributed by atoms with Gasteiger partial charge in [-0.25, -0.2) is 0 Å². The average Bonchev–Trinajstić information content (AvgIpc) is 2.14. The quantitative estimate of drug-likeness (QED) is 0.497. The van der Waals surface area contributed by atoms with Gasteiger partial charge in [-0.1, -0.05) is 0 Å². The first kappa shape index (κ1) is 13.2. The number of hydrogen-bond acceptors (Lipinski definition) is 5. The van der Waals surface area contributed by atoms with Crippen molar-refractivity contribution in [1.82, 2.24) is 4.90 Å². The first-order chi connectivity index (χ1) is 7.64. The Labute approximate surface area is 97.3 Å². The van der Waals surface area contributed by atoms with Gasteiger partial charge in [0.1, 0.15) is 5.25 Å². The fourth-order valence-corrected chi connectivity index (χ4v) is 2.48. The summed E-state index contributed by atoms with van der Waals surface area (Å²) in [5, 5.41) is -1.84. The maximum atomic E-state index is 11.2. The lowest BCUT2D eigenvalue weighted by atomic mass is 10.0. The second-order valence-electron chi connectivity index (χ2n) is 3.46. The fourth-order valence-electron chi connectivity index (χ4n) is 1.49. The standard InChI is InChI=1S/C8H11N3O5S/c1-11-2-4(7(9)12)6(17(14,15)16)5(3-11)8(10)13/h2-3,6H,1H3,(H2,9,12)(H2,10,13)(H,14,15,16). The van der Waals surface area contributed by atoms with E-state index in [1.54, 1.807) is 0 Å². The first-order valence-corrected chi connectivity index (χ1v) is 5.86. The lowest BCUT2D eigenvalue weighted by molar-refractivity contribution is -0.115. The largest absolute Gasteiger partial charge is 0.366 e. The number of rotatable bonds is 3. The summed E-state index contributed by atoms with van der Waals surface area (Å²) >= 11 is 0. The van der Waals surface area contributed by atoms with Crippen LogP contribution in [0, 0.1) is 0 Å². The van der Waals surface area contributed by atoms with E-state index < -0.39 is 38.3 Å². The molecule has 1 aliphatic heterocycles. The molecule has 0 saturated carbocycles. The number of primary amides is 2. The molecular formula is C8H11N3O5S. The molecule has 0 aromatic rings. The van der Waals surface area contributed by atoms with Gasteiger partial charge in [0.2, 0.25) is 11.8 Å². The third-order valence-electron chi connectivity index (χ3n) is 2.12. The minimum absolute atomic E-state index is 0.425. The summed E-state index contributed by atoms with van der Waals surface area (Å²) in [6, 6.07) is 0. The number of carbonyl (C=O) groups is 2. The molecule has 0 fully saturated rings. The molecule has 0 radical (unpaired) electrons. The van der Waals surface area contributed by atoms with Crippen LogP contribution in [0.3, 0.4) is 0 Å². The van der Waals surface area contributed by atoms with Gasteiger partial charge in [0, 0.05) is 19.4 Å². The second kappa shape index (κ2) is 4.18. The molecule has 5 N–H and O–H groups in total. The minimum Gasteiger partial charge on any atom is -0.366 e. The smallest absolute Gasteiger partial charge is 0.276 e. The van der Waals surface area contributed by atoms with Crippen molar-refractivity contribution in [2.24, 2.45) is 11.5 Å². The number of carbonyl (C=O) groups excluding carboxylic acids is 2. The number of amides is 2. The van der Waals surface area contributed by atoms with Gasteiger partial charge in [-0.15, -0.1) is 0 Å². The van der Waals surface area contributed by atoms with E-state index >= 15 is 0 Å². The molecule has 0 spiro atoms. The highest BCUT2D eigenvalue weighted by Gasteiger charge is 2.39. The van der Waals surface area contributed by atoms with Crippen LogP contribution in [0.2, 0.25) is 0 Å². The van der Waals surface area contributed by atoms with Crippen LogP contribution in [0.5, 0.6) is 0 Å². The van der Waals surface area contributed by atoms with Gasteiger partial charge in [-0.3, -0.25) is 14.1 Å². The van der Waals surface area contributed by atoms with Crippen LogP contribution in [0.25, 0.3) is 0 Å². The summed E-state index contributed by atoms with van der Waals surface area (Å²) in [6.07, 6.45) is 2.21. The predicted octanol–water partition coefficient (Wildman–Crippen LogP) is -2.07. The molecule has 0 unspecified atom stereocenters. The van der Waals surface area contributed by atoms with E-state index in [4.69, 9.17) is 16.0 Å². The number of nitrogens with zero attached hydrogens (tertiary/aromatic N) is 1. The predicted molar refractivity (Wildman–Crippen MR) is 57.7 cm³/mol. The molecule has 0 atom stereocenters. The van der Waals surface area contributed by atoms with E-state index in [2.05, 4.69) is 0 Å². The SMILES string of the molecule is CN1C=C(C(N)=O)C(S(=O)(=O)O)C(C(N)=O)=C1. The zero-order chi connectivity index (χ0) is 13.4. The Balaban J connectivity index is 3.43. The van der Waals surface area contributed by atoms with Crippen LogP contribution >= 0.6 is 0 Å². The van der Waals surface area contributed by atoms with Crippen molar-refractivity contribution in [3.63, 3.8) is 0 Å². The van der Waals surface area contributed by atoms with Crippen LogP contribution in [0.4, 0.5) is 0 Å². The molecule has 0 aliphatic carbocycles. The molecule has 0 bridgehead atoms. The van der Waals surface area contributed by atoms with Crippen molar-refractivity contribution in [2.75, 3.05) is 7.05 Å². The number of hydrogen-bond donors (Lipinski definition) is 3. The van der Waals surface area contributed by atoms with Gasteiger partial charge < -0.3 is 16.4 Å². The van der Waals surface area contributed by atoms with Crippen molar-refractivity contribution in [1.29, 1.82) is 0 Å². The van der Waals surface area contributed by atoms with Crippen molar-refractivity contribution < 1.29 is 22.6 Å². The van der Waals surface area contributed by atoms with Crippen LogP contribution in [0.15, 0.2) is 23.5 Å². The molecule has 94 valence electrons. The molecule has 1 rings (SSSR count). The minimum atomic E-state index is -4.70. The van der Waals surface area contributed by atoms with Crippen molar-refractivity contribution in [3.05, 3.63) is 23.5 Å². The van der Waals surface area contributed by atoms with Crippen LogP contribution in [-0.4, -0.2) is 42.0 Å². The van der Waals surface area contributed by atoms with Gasteiger partial charge in [0.15, 0.2) is 0 Å². The van der Waals surface area contributed by atoms with Gasteiger partial charge in [0.25, 0.3) is 10.1 Å². The monoisotopic (exact) mass is 261 g/mol. The van der Waals surface area contributed by atoms with E-state index in [1.807, 2.05) is 0 Å². The molecule has 0 saturated heterocycles. The molecular weight excluding hydrogens is 250 g/mol. The zero-order valence-electron chi connectivity index (χ0n) is 8.82. The summed E-state index contributed by atoms with van der Waals surface area (Å²) in [5.74, 6) is -2.13. The van der Waals surface area contributed by atoms with Crippen molar-refractivity contribution in [3.8, 4) is 0 Å². The Bertz CT molecular complexity index is 501. The van der Waals surface area contributed by atoms with Crippen LogP contribution in [0.1, 0.15) is 0 Å². The van der Waals surface area contributed by atoms with Gasteiger partial charge in [0.05, 0.1) is 11.1 Å². The summed E-state index contributed by atoms with van der Waals surface area (Å²) in [7, 11) is -3.25. The lowest BCUT2D eigenvalue weighted by Crippen LogP contribution is -2.40. The average molecular weight is 261 g/mol. The fraction of sp³-hybridized carbons (Fsp3) is 0.250. The summed E-state index contributed by atoms with van der Waals surface area (Å²) < 4.78 is 31.3. The Morgan fingerprint density at radius 3 is 1.82 bits per heavy atom. The maximum absolute atomic E-state index is 11.2.